The lowest BCUT2D eigenvalue weighted by Gasteiger charge is -2.11. The van der Waals surface area contributed by atoms with Gasteiger partial charge in [0.1, 0.15) is 0 Å². The average Bonchev–Trinajstić information content (AvgIpc) is 2.05. The van der Waals surface area contributed by atoms with Crippen molar-refractivity contribution in [3.63, 3.8) is 0 Å². The van der Waals surface area contributed by atoms with Gasteiger partial charge in [-0.25, -0.2) is 0 Å². The molecule has 0 aromatic rings. The highest BCUT2D eigenvalue weighted by molar-refractivity contribution is 7.63. The largest absolute Gasteiger partial charge is 0.396 e. The Labute approximate surface area is 80.5 Å². The van der Waals surface area contributed by atoms with Gasteiger partial charge in [0, 0.05) is 25.5 Å². The Morgan fingerprint density at radius 3 is 1.62 bits per heavy atom. The van der Waals surface area contributed by atoms with E-state index in [1.165, 1.54) is 0 Å². The van der Waals surface area contributed by atoms with E-state index in [-0.39, 0.29) is 13.2 Å². The zero-order chi connectivity index (χ0) is 10.2. The molecule has 0 saturated heterocycles. The van der Waals surface area contributed by atoms with Crippen LogP contribution in [0.3, 0.4) is 0 Å². The third-order valence-electron chi connectivity index (χ3n) is 2.08. The maximum Gasteiger partial charge on any atom is 0.0848 e. The van der Waals surface area contributed by atoms with Crippen LogP contribution in [0.2, 0.25) is 0 Å². The summed E-state index contributed by atoms with van der Waals surface area (Å²) in [4.78, 5) is 0. The second-order valence-corrected chi connectivity index (χ2v) is 7.09. The van der Waals surface area contributed by atoms with Gasteiger partial charge in [-0.2, -0.15) is 0 Å². The summed E-state index contributed by atoms with van der Waals surface area (Å²) in [5.41, 5.74) is 0. The van der Waals surface area contributed by atoms with E-state index in [1.807, 2.05) is 6.66 Å². The Hall–Kier alpha value is 0.150. The molecular formula is C9H21O3P. The minimum Gasteiger partial charge on any atom is -0.396 e. The van der Waals surface area contributed by atoms with Crippen molar-refractivity contribution >= 4 is 7.14 Å². The second kappa shape index (κ2) is 7.54. The zero-order valence-electron chi connectivity index (χ0n) is 8.41. The van der Waals surface area contributed by atoms with E-state index < -0.39 is 7.14 Å². The highest BCUT2D eigenvalue weighted by Crippen LogP contribution is 2.42. The summed E-state index contributed by atoms with van der Waals surface area (Å²) in [6, 6.07) is 0. The van der Waals surface area contributed by atoms with Gasteiger partial charge in [-0.05, 0) is 32.3 Å². The van der Waals surface area contributed by atoms with Gasteiger partial charge in [0.05, 0.1) is 7.14 Å². The minimum absolute atomic E-state index is 0.191. The van der Waals surface area contributed by atoms with Crippen molar-refractivity contribution in [2.75, 3.05) is 32.2 Å². The number of rotatable bonds is 8. The highest BCUT2D eigenvalue weighted by atomic mass is 31.2. The summed E-state index contributed by atoms with van der Waals surface area (Å²) in [5.74, 6) is 0. The van der Waals surface area contributed by atoms with Crippen LogP contribution in [0.4, 0.5) is 0 Å². The summed E-state index contributed by atoms with van der Waals surface area (Å²) in [6.07, 6.45) is 4.67. The molecule has 13 heavy (non-hydrogen) atoms. The molecule has 0 spiro atoms. The minimum atomic E-state index is -1.97. The smallest absolute Gasteiger partial charge is 0.0848 e. The molecular weight excluding hydrogens is 187 g/mol. The number of unbranched alkanes of at least 4 members (excludes halogenated alkanes) is 2. The first kappa shape index (κ1) is 13.2. The summed E-state index contributed by atoms with van der Waals surface area (Å²) in [6.45, 7) is 2.20. The monoisotopic (exact) mass is 208 g/mol. The average molecular weight is 208 g/mol. The summed E-state index contributed by atoms with van der Waals surface area (Å²) in [5, 5.41) is 17.1. The van der Waals surface area contributed by atoms with E-state index in [0.29, 0.717) is 0 Å². The van der Waals surface area contributed by atoms with Crippen LogP contribution in [-0.2, 0) is 4.57 Å². The molecule has 4 heteroatoms. The Balaban J connectivity index is 3.49. The van der Waals surface area contributed by atoms with Crippen LogP contribution in [0.15, 0.2) is 0 Å². The van der Waals surface area contributed by atoms with Crippen LogP contribution in [-0.4, -0.2) is 42.4 Å². The Bertz CT molecular complexity index is 145. The van der Waals surface area contributed by atoms with Gasteiger partial charge in [-0.1, -0.05) is 0 Å². The fourth-order valence-electron chi connectivity index (χ4n) is 1.23. The van der Waals surface area contributed by atoms with Crippen molar-refractivity contribution < 1.29 is 14.8 Å². The molecule has 0 aromatic heterocycles. The van der Waals surface area contributed by atoms with E-state index in [2.05, 4.69) is 0 Å². The SMILES string of the molecule is CP(=O)(CCCCO)CCCCO. The molecule has 0 amide bonds. The molecule has 3 nitrogen and oxygen atoms in total. The molecule has 0 rings (SSSR count). The molecule has 0 unspecified atom stereocenters. The topological polar surface area (TPSA) is 57.5 Å². The lowest BCUT2D eigenvalue weighted by atomic mass is 10.4. The van der Waals surface area contributed by atoms with Gasteiger partial charge in [-0.15, -0.1) is 0 Å². The van der Waals surface area contributed by atoms with Gasteiger partial charge >= 0.3 is 0 Å². The fraction of sp³-hybridized carbons (Fsp3) is 1.00. The van der Waals surface area contributed by atoms with Crippen molar-refractivity contribution in [3.8, 4) is 0 Å². The second-order valence-electron chi connectivity index (χ2n) is 3.61. The first-order chi connectivity index (χ1) is 6.12. The lowest BCUT2D eigenvalue weighted by Crippen LogP contribution is -1.97. The quantitative estimate of drug-likeness (QED) is 0.469. The Morgan fingerprint density at radius 2 is 1.31 bits per heavy atom. The zero-order valence-corrected chi connectivity index (χ0v) is 9.30. The number of hydrogen-bond donors (Lipinski definition) is 2. The van der Waals surface area contributed by atoms with E-state index in [1.54, 1.807) is 0 Å². The number of aliphatic hydroxyl groups is 2. The van der Waals surface area contributed by atoms with Crippen molar-refractivity contribution in [3.05, 3.63) is 0 Å². The van der Waals surface area contributed by atoms with Gasteiger partial charge in [0.15, 0.2) is 0 Å². The third-order valence-corrected chi connectivity index (χ3v) is 4.60. The molecule has 0 heterocycles. The predicted octanol–water partition coefficient (Wildman–Crippen LogP) is 1.52. The molecule has 0 fully saturated rings. The highest BCUT2D eigenvalue weighted by Gasteiger charge is 2.13. The molecule has 0 aliphatic heterocycles. The maximum absolute atomic E-state index is 11.8. The summed E-state index contributed by atoms with van der Waals surface area (Å²) < 4.78 is 11.8. The standard InChI is InChI=1S/C9H21O3P/c1-13(12,8-4-2-6-10)9-5-3-7-11/h10-11H,2-9H2,1H3. The van der Waals surface area contributed by atoms with Crippen molar-refractivity contribution in [1.29, 1.82) is 0 Å². The first-order valence-corrected chi connectivity index (χ1v) is 7.42. The normalized spacial score (nSPS) is 11.9. The van der Waals surface area contributed by atoms with Crippen LogP contribution < -0.4 is 0 Å². The van der Waals surface area contributed by atoms with E-state index >= 15 is 0 Å². The molecule has 80 valence electrons. The third kappa shape index (κ3) is 8.48. The van der Waals surface area contributed by atoms with Crippen LogP contribution in [0.5, 0.6) is 0 Å². The van der Waals surface area contributed by atoms with Crippen LogP contribution in [0.1, 0.15) is 25.7 Å². The van der Waals surface area contributed by atoms with E-state index in [0.717, 1.165) is 38.0 Å². The van der Waals surface area contributed by atoms with Gasteiger partial charge < -0.3 is 14.8 Å². The Morgan fingerprint density at radius 1 is 0.923 bits per heavy atom. The van der Waals surface area contributed by atoms with Gasteiger partial charge in [-0.3, -0.25) is 0 Å². The van der Waals surface area contributed by atoms with Crippen LogP contribution in [0.25, 0.3) is 0 Å². The predicted molar refractivity (Wildman–Crippen MR) is 55.9 cm³/mol. The molecule has 0 bridgehead atoms. The van der Waals surface area contributed by atoms with Crippen molar-refractivity contribution in [2.24, 2.45) is 0 Å². The Kier molecular flexibility index (Phi) is 7.63. The fourth-order valence-corrected chi connectivity index (χ4v) is 3.24. The molecule has 0 atom stereocenters. The number of aliphatic hydroxyl groups excluding tert-OH is 2. The first-order valence-electron chi connectivity index (χ1n) is 4.89. The molecule has 0 aromatic carbocycles. The summed E-state index contributed by atoms with van der Waals surface area (Å²) >= 11 is 0. The molecule has 0 radical (unpaired) electrons. The van der Waals surface area contributed by atoms with E-state index in [4.69, 9.17) is 10.2 Å². The molecule has 0 saturated carbocycles. The number of hydrogen-bond acceptors (Lipinski definition) is 3. The molecule has 0 aliphatic rings. The van der Waals surface area contributed by atoms with Crippen molar-refractivity contribution in [1.82, 2.24) is 0 Å². The van der Waals surface area contributed by atoms with Crippen LogP contribution in [0, 0.1) is 0 Å². The van der Waals surface area contributed by atoms with Crippen LogP contribution >= 0.6 is 7.14 Å². The maximum atomic E-state index is 11.8. The van der Waals surface area contributed by atoms with Gasteiger partial charge in [0.25, 0.3) is 0 Å². The van der Waals surface area contributed by atoms with Crippen molar-refractivity contribution in [2.45, 2.75) is 25.7 Å². The molecule has 2 N–H and O–H groups in total. The van der Waals surface area contributed by atoms with E-state index in [9.17, 15) is 4.57 Å². The van der Waals surface area contributed by atoms with Gasteiger partial charge in [0.2, 0.25) is 0 Å². The summed E-state index contributed by atoms with van der Waals surface area (Å²) in [7, 11) is -1.97. The lowest BCUT2D eigenvalue weighted by molar-refractivity contribution is 0.286. The molecule has 0 aliphatic carbocycles.